The Hall–Kier alpha value is -2.74. The second kappa shape index (κ2) is 7.65. The molecule has 0 atom stereocenters. The van der Waals surface area contributed by atoms with E-state index in [2.05, 4.69) is 11.1 Å². The van der Waals surface area contributed by atoms with Gasteiger partial charge in [0.25, 0.3) is 0 Å². The number of nitrogens with one attached hydrogen (secondary N) is 1. The number of rotatable bonds is 4. The fourth-order valence-corrected chi connectivity index (χ4v) is 3.32. The summed E-state index contributed by atoms with van der Waals surface area (Å²) in [6.07, 6.45) is 1.64. The number of carbonyl (C=O) groups excluding carboxylic acids is 1. The summed E-state index contributed by atoms with van der Waals surface area (Å²) in [6, 6.07) is 14.7. The molecule has 0 spiro atoms. The zero-order valence-corrected chi connectivity index (χ0v) is 15.4. The molecular formula is C20H14Cl2N2O2. The van der Waals surface area contributed by atoms with Crippen LogP contribution in [0.2, 0.25) is 10.0 Å². The first-order valence-corrected chi connectivity index (χ1v) is 8.65. The molecule has 6 heteroatoms. The average molecular weight is 385 g/mol. The third-order valence-electron chi connectivity index (χ3n) is 3.83. The van der Waals surface area contributed by atoms with E-state index < -0.39 is 5.97 Å². The van der Waals surface area contributed by atoms with Crippen molar-refractivity contribution >= 4 is 51.7 Å². The Morgan fingerprint density at radius 3 is 2.65 bits per heavy atom. The number of aromatic nitrogens is 1. The first-order chi connectivity index (χ1) is 12.5. The van der Waals surface area contributed by atoms with E-state index in [1.807, 2.05) is 30.3 Å². The maximum atomic E-state index is 12.4. The molecule has 1 aromatic heterocycles. The molecule has 1 heterocycles. The van der Waals surface area contributed by atoms with Gasteiger partial charge in [0.1, 0.15) is 5.69 Å². The van der Waals surface area contributed by atoms with Gasteiger partial charge in [0.2, 0.25) is 0 Å². The number of esters is 1. The zero-order valence-electron chi connectivity index (χ0n) is 13.8. The van der Waals surface area contributed by atoms with Crippen LogP contribution in [0.25, 0.3) is 22.6 Å². The predicted molar refractivity (Wildman–Crippen MR) is 104 cm³/mol. The molecule has 0 bridgehead atoms. The summed E-state index contributed by atoms with van der Waals surface area (Å²) in [6.45, 7) is 1.96. The number of hydrogen-bond acceptors (Lipinski definition) is 3. The number of fused-ring (bicyclic) bond motifs is 1. The van der Waals surface area contributed by atoms with Gasteiger partial charge in [0.15, 0.2) is 0 Å². The van der Waals surface area contributed by atoms with E-state index in [0.29, 0.717) is 32.1 Å². The number of halogens is 2. The lowest BCUT2D eigenvalue weighted by molar-refractivity contribution is 0.0520. The molecule has 3 rings (SSSR count). The van der Waals surface area contributed by atoms with Crippen LogP contribution >= 0.6 is 23.2 Å². The van der Waals surface area contributed by atoms with Gasteiger partial charge in [-0.15, -0.1) is 0 Å². The Morgan fingerprint density at radius 1 is 1.27 bits per heavy atom. The van der Waals surface area contributed by atoms with E-state index in [-0.39, 0.29) is 12.3 Å². The molecule has 0 aliphatic rings. The first-order valence-electron chi connectivity index (χ1n) is 7.90. The van der Waals surface area contributed by atoms with Crippen molar-refractivity contribution < 1.29 is 9.53 Å². The van der Waals surface area contributed by atoms with Gasteiger partial charge in [-0.1, -0.05) is 53.5 Å². The standard InChI is InChI=1S/C20H14Cl2N2O2/c1-2-26-20(25)19-15(8-13(11-23)12-6-4-3-5-7-12)18-16(22)9-14(21)10-17(18)24-19/h3-10,24H,2H2,1H3/b13-8+. The summed E-state index contributed by atoms with van der Waals surface area (Å²) >= 11 is 12.4. The van der Waals surface area contributed by atoms with Crippen LogP contribution in [0.4, 0.5) is 0 Å². The van der Waals surface area contributed by atoms with Crippen molar-refractivity contribution in [3.05, 3.63) is 69.3 Å². The molecule has 0 radical (unpaired) electrons. The molecule has 0 aliphatic heterocycles. The Labute approximate surface area is 160 Å². The second-order valence-electron chi connectivity index (χ2n) is 5.48. The highest BCUT2D eigenvalue weighted by Gasteiger charge is 2.20. The van der Waals surface area contributed by atoms with Gasteiger partial charge in [0, 0.05) is 21.5 Å². The Bertz CT molecular complexity index is 1050. The summed E-state index contributed by atoms with van der Waals surface area (Å²) in [5.41, 5.74) is 2.48. The highest BCUT2D eigenvalue weighted by atomic mass is 35.5. The van der Waals surface area contributed by atoms with E-state index in [0.717, 1.165) is 5.56 Å². The summed E-state index contributed by atoms with van der Waals surface area (Å²) in [5, 5.41) is 11.0. The number of H-pyrrole nitrogens is 1. The van der Waals surface area contributed by atoms with Crippen LogP contribution in [0.1, 0.15) is 28.5 Å². The summed E-state index contributed by atoms with van der Waals surface area (Å²) in [4.78, 5) is 15.4. The number of allylic oxidation sites excluding steroid dienone is 1. The lowest BCUT2D eigenvalue weighted by Gasteiger charge is -2.04. The molecule has 130 valence electrons. The maximum absolute atomic E-state index is 12.4. The van der Waals surface area contributed by atoms with Gasteiger partial charge in [-0.3, -0.25) is 0 Å². The van der Waals surface area contributed by atoms with Gasteiger partial charge < -0.3 is 9.72 Å². The smallest absolute Gasteiger partial charge is 0.355 e. The molecule has 26 heavy (non-hydrogen) atoms. The number of benzene rings is 2. The second-order valence-corrected chi connectivity index (χ2v) is 6.32. The maximum Gasteiger partial charge on any atom is 0.355 e. The lowest BCUT2D eigenvalue weighted by atomic mass is 10.0. The number of hydrogen-bond donors (Lipinski definition) is 1. The van der Waals surface area contributed by atoms with Crippen LogP contribution in [0.15, 0.2) is 42.5 Å². The van der Waals surface area contributed by atoms with Crippen molar-refractivity contribution in [1.29, 1.82) is 5.26 Å². The van der Waals surface area contributed by atoms with Crippen molar-refractivity contribution in [2.45, 2.75) is 6.92 Å². The highest BCUT2D eigenvalue weighted by molar-refractivity contribution is 6.39. The zero-order chi connectivity index (χ0) is 18.7. The Kier molecular flexibility index (Phi) is 5.32. The Balaban J connectivity index is 2.29. The fraction of sp³-hybridized carbons (Fsp3) is 0.100. The minimum absolute atomic E-state index is 0.231. The van der Waals surface area contributed by atoms with Crippen molar-refractivity contribution in [2.24, 2.45) is 0 Å². The first kappa shape index (κ1) is 18.1. The molecule has 0 saturated heterocycles. The van der Waals surface area contributed by atoms with E-state index in [9.17, 15) is 10.1 Å². The number of nitrogens with zero attached hydrogens (tertiary/aromatic N) is 1. The van der Waals surface area contributed by atoms with Gasteiger partial charge in [0.05, 0.1) is 23.3 Å². The third kappa shape index (κ3) is 3.45. The van der Waals surface area contributed by atoms with Crippen molar-refractivity contribution in [3.8, 4) is 6.07 Å². The van der Waals surface area contributed by atoms with E-state index in [1.165, 1.54) is 0 Å². The number of nitriles is 1. The van der Waals surface area contributed by atoms with Crippen molar-refractivity contribution in [3.63, 3.8) is 0 Å². The van der Waals surface area contributed by atoms with Gasteiger partial charge >= 0.3 is 5.97 Å². The molecule has 0 saturated carbocycles. The quantitative estimate of drug-likeness (QED) is 0.462. The molecule has 0 fully saturated rings. The van der Waals surface area contributed by atoms with Gasteiger partial charge in [-0.25, -0.2) is 4.79 Å². The van der Waals surface area contributed by atoms with Crippen molar-refractivity contribution in [1.82, 2.24) is 4.98 Å². The molecule has 0 aliphatic carbocycles. The number of aromatic amines is 1. The number of carbonyl (C=O) groups is 1. The monoisotopic (exact) mass is 384 g/mol. The average Bonchev–Trinajstić information content (AvgIpc) is 2.99. The fourth-order valence-electron chi connectivity index (χ4n) is 2.72. The van der Waals surface area contributed by atoms with Crippen molar-refractivity contribution in [2.75, 3.05) is 6.61 Å². The minimum Gasteiger partial charge on any atom is -0.461 e. The molecule has 4 nitrogen and oxygen atoms in total. The minimum atomic E-state index is -0.521. The normalized spacial score (nSPS) is 11.4. The predicted octanol–water partition coefficient (Wildman–Crippen LogP) is 5.72. The van der Waals surface area contributed by atoms with Crippen LogP contribution in [0.5, 0.6) is 0 Å². The van der Waals surface area contributed by atoms with Crippen LogP contribution in [-0.2, 0) is 4.74 Å². The van der Waals surface area contributed by atoms with Crippen LogP contribution in [0, 0.1) is 11.3 Å². The van der Waals surface area contributed by atoms with E-state index in [4.69, 9.17) is 27.9 Å². The summed E-state index contributed by atoms with van der Waals surface area (Å²) in [5.74, 6) is -0.521. The molecule has 1 N–H and O–H groups in total. The topological polar surface area (TPSA) is 65.9 Å². The highest BCUT2D eigenvalue weighted by Crippen LogP contribution is 2.35. The molecular weight excluding hydrogens is 371 g/mol. The summed E-state index contributed by atoms with van der Waals surface area (Å²) < 4.78 is 5.13. The van der Waals surface area contributed by atoms with Crippen LogP contribution < -0.4 is 0 Å². The van der Waals surface area contributed by atoms with E-state index in [1.54, 1.807) is 25.1 Å². The Morgan fingerprint density at radius 2 is 2.00 bits per heavy atom. The van der Waals surface area contributed by atoms with Gasteiger partial charge in [-0.2, -0.15) is 5.26 Å². The third-order valence-corrected chi connectivity index (χ3v) is 4.34. The SMILES string of the molecule is CCOC(=O)c1[nH]c2cc(Cl)cc(Cl)c2c1/C=C(\C#N)c1ccccc1. The summed E-state index contributed by atoms with van der Waals surface area (Å²) in [7, 11) is 0. The molecule has 2 aromatic carbocycles. The molecule has 3 aromatic rings. The van der Waals surface area contributed by atoms with E-state index >= 15 is 0 Å². The van der Waals surface area contributed by atoms with Gasteiger partial charge in [-0.05, 0) is 30.7 Å². The molecule has 0 unspecified atom stereocenters. The number of ether oxygens (including phenoxy) is 1. The van der Waals surface area contributed by atoms with Crippen LogP contribution in [-0.4, -0.2) is 17.6 Å². The largest absolute Gasteiger partial charge is 0.461 e. The van der Waals surface area contributed by atoms with Crippen LogP contribution in [0.3, 0.4) is 0 Å². The lowest BCUT2D eigenvalue weighted by Crippen LogP contribution is -2.06. The molecule has 0 amide bonds.